The van der Waals surface area contributed by atoms with E-state index in [1.54, 1.807) is 7.11 Å². The van der Waals surface area contributed by atoms with Crippen molar-refractivity contribution >= 4 is 0 Å². The van der Waals surface area contributed by atoms with Gasteiger partial charge in [-0.2, -0.15) is 0 Å². The summed E-state index contributed by atoms with van der Waals surface area (Å²) in [7, 11) is 1.58. The van der Waals surface area contributed by atoms with E-state index in [-0.39, 0.29) is 6.61 Å². The Morgan fingerprint density at radius 2 is 2.00 bits per heavy atom. The van der Waals surface area contributed by atoms with Crippen LogP contribution in [0.5, 0.6) is 5.75 Å². The van der Waals surface area contributed by atoms with E-state index in [9.17, 15) is 5.11 Å². The number of benzene rings is 1. The van der Waals surface area contributed by atoms with Gasteiger partial charge in [0.1, 0.15) is 5.75 Å². The number of methoxy groups -OCH3 is 1. The Balaban J connectivity index is 3.06. The molecule has 3 nitrogen and oxygen atoms in total. The van der Waals surface area contributed by atoms with Crippen LogP contribution >= 0.6 is 0 Å². The van der Waals surface area contributed by atoms with Gasteiger partial charge in [0.05, 0.1) is 13.2 Å². The number of aliphatic hydroxyl groups is 2. The molecule has 1 atom stereocenters. The molecule has 0 amide bonds. The summed E-state index contributed by atoms with van der Waals surface area (Å²) in [4.78, 5) is 0. The second-order valence-corrected chi connectivity index (χ2v) is 4.18. The SMILES string of the molecule is COc1ccc(C(C)C)cc1C(O)CCO. The smallest absolute Gasteiger partial charge is 0.124 e. The zero-order valence-corrected chi connectivity index (χ0v) is 10.1. The van der Waals surface area contributed by atoms with Crippen molar-refractivity contribution in [3.8, 4) is 5.75 Å². The van der Waals surface area contributed by atoms with Gasteiger partial charge in [-0.05, 0) is 23.6 Å². The van der Waals surface area contributed by atoms with Crippen LogP contribution in [0, 0.1) is 0 Å². The van der Waals surface area contributed by atoms with Crippen molar-refractivity contribution in [2.75, 3.05) is 13.7 Å². The van der Waals surface area contributed by atoms with Crippen molar-refractivity contribution in [3.63, 3.8) is 0 Å². The van der Waals surface area contributed by atoms with Gasteiger partial charge in [0.25, 0.3) is 0 Å². The summed E-state index contributed by atoms with van der Waals surface area (Å²) in [5.74, 6) is 1.08. The van der Waals surface area contributed by atoms with E-state index in [4.69, 9.17) is 9.84 Å². The zero-order chi connectivity index (χ0) is 12.1. The molecule has 3 heteroatoms. The van der Waals surface area contributed by atoms with Crippen molar-refractivity contribution in [2.24, 2.45) is 0 Å². The lowest BCUT2D eigenvalue weighted by Gasteiger charge is -2.16. The van der Waals surface area contributed by atoms with Gasteiger partial charge in [0, 0.05) is 18.6 Å². The molecule has 16 heavy (non-hydrogen) atoms. The highest BCUT2D eigenvalue weighted by Crippen LogP contribution is 2.30. The van der Waals surface area contributed by atoms with Crippen LogP contribution < -0.4 is 4.74 Å². The second kappa shape index (κ2) is 5.87. The average molecular weight is 224 g/mol. The Labute approximate surface area is 96.7 Å². The maximum atomic E-state index is 9.90. The van der Waals surface area contributed by atoms with Gasteiger partial charge in [-0.25, -0.2) is 0 Å². The molecule has 90 valence electrons. The van der Waals surface area contributed by atoms with Crippen molar-refractivity contribution in [2.45, 2.75) is 32.3 Å². The molecule has 1 aromatic carbocycles. The third-order valence-corrected chi connectivity index (χ3v) is 2.68. The summed E-state index contributed by atoms with van der Waals surface area (Å²) in [5, 5.41) is 18.7. The summed E-state index contributed by atoms with van der Waals surface area (Å²) in [6.07, 6.45) is -0.337. The Morgan fingerprint density at radius 1 is 1.31 bits per heavy atom. The van der Waals surface area contributed by atoms with Gasteiger partial charge in [-0.1, -0.05) is 19.9 Å². The van der Waals surface area contributed by atoms with Crippen molar-refractivity contribution in [3.05, 3.63) is 29.3 Å². The standard InChI is InChI=1S/C13H20O3/c1-9(2)10-4-5-13(16-3)11(8-10)12(15)6-7-14/h4-5,8-9,12,14-15H,6-7H2,1-3H3. The van der Waals surface area contributed by atoms with Crippen LogP contribution in [0.1, 0.15) is 43.4 Å². The Kier molecular flexibility index (Phi) is 4.77. The molecule has 0 heterocycles. The Bertz CT molecular complexity index is 334. The van der Waals surface area contributed by atoms with Gasteiger partial charge in [-0.3, -0.25) is 0 Å². The average Bonchev–Trinajstić information content (AvgIpc) is 2.28. The third kappa shape index (κ3) is 2.97. The van der Waals surface area contributed by atoms with E-state index < -0.39 is 6.10 Å². The first-order valence-corrected chi connectivity index (χ1v) is 5.57. The molecule has 1 unspecified atom stereocenters. The predicted molar refractivity (Wildman–Crippen MR) is 63.7 cm³/mol. The molecule has 0 saturated heterocycles. The van der Waals surface area contributed by atoms with Crippen LogP contribution in [0.3, 0.4) is 0 Å². The summed E-state index contributed by atoms with van der Waals surface area (Å²) in [6.45, 7) is 4.17. The maximum Gasteiger partial charge on any atom is 0.124 e. The van der Waals surface area contributed by atoms with Crippen LogP contribution in [0.25, 0.3) is 0 Å². The fourth-order valence-corrected chi connectivity index (χ4v) is 1.65. The molecule has 1 aromatic rings. The summed E-state index contributed by atoms with van der Waals surface area (Å²) < 4.78 is 5.21. The van der Waals surface area contributed by atoms with E-state index in [2.05, 4.69) is 13.8 Å². The highest BCUT2D eigenvalue weighted by molar-refractivity contribution is 5.39. The first-order valence-electron chi connectivity index (χ1n) is 5.57. The number of hydrogen-bond donors (Lipinski definition) is 2. The minimum absolute atomic E-state index is 0.0315. The molecule has 0 radical (unpaired) electrons. The van der Waals surface area contributed by atoms with Crippen LogP contribution in [0.2, 0.25) is 0 Å². The highest BCUT2D eigenvalue weighted by atomic mass is 16.5. The van der Waals surface area contributed by atoms with Crippen LogP contribution in [-0.4, -0.2) is 23.9 Å². The molecule has 0 saturated carbocycles. The summed E-state index contributed by atoms with van der Waals surface area (Å²) in [6, 6.07) is 5.81. The molecule has 0 aromatic heterocycles. The number of ether oxygens (including phenoxy) is 1. The molecule has 0 spiro atoms. The fraction of sp³-hybridized carbons (Fsp3) is 0.538. The minimum atomic E-state index is -0.668. The van der Waals surface area contributed by atoms with Crippen molar-refractivity contribution in [1.29, 1.82) is 0 Å². The largest absolute Gasteiger partial charge is 0.496 e. The Hall–Kier alpha value is -1.06. The molecule has 2 N–H and O–H groups in total. The first kappa shape index (κ1) is 13.0. The number of hydrogen-bond acceptors (Lipinski definition) is 3. The van der Waals surface area contributed by atoms with Gasteiger partial charge < -0.3 is 14.9 Å². The van der Waals surface area contributed by atoms with Gasteiger partial charge in [0.2, 0.25) is 0 Å². The lowest BCUT2D eigenvalue weighted by molar-refractivity contribution is 0.131. The predicted octanol–water partition coefficient (Wildman–Crippen LogP) is 2.23. The van der Waals surface area contributed by atoms with Crippen LogP contribution in [0.4, 0.5) is 0 Å². The van der Waals surface area contributed by atoms with Gasteiger partial charge in [0.15, 0.2) is 0 Å². The van der Waals surface area contributed by atoms with E-state index in [0.717, 1.165) is 11.1 Å². The third-order valence-electron chi connectivity index (χ3n) is 2.68. The van der Waals surface area contributed by atoms with Gasteiger partial charge >= 0.3 is 0 Å². The van der Waals surface area contributed by atoms with Crippen molar-refractivity contribution < 1.29 is 14.9 Å². The maximum absolute atomic E-state index is 9.90. The lowest BCUT2D eigenvalue weighted by atomic mass is 9.97. The van der Waals surface area contributed by atoms with E-state index in [1.807, 2.05) is 18.2 Å². The number of rotatable bonds is 5. The molecule has 0 fully saturated rings. The zero-order valence-electron chi connectivity index (χ0n) is 10.1. The van der Waals surface area contributed by atoms with Crippen LogP contribution in [0.15, 0.2) is 18.2 Å². The second-order valence-electron chi connectivity index (χ2n) is 4.18. The molecule has 0 aliphatic heterocycles. The molecule has 1 rings (SSSR count). The topological polar surface area (TPSA) is 49.7 Å². The molecule has 0 bridgehead atoms. The van der Waals surface area contributed by atoms with Crippen molar-refractivity contribution in [1.82, 2.24) is 0 Å². The molecule has 0 aliphatic carbocycles. The van der Waals surface area contributed by atoms with Crippen LogP contribution in [-0.2, 0) is 0 Å². The molecular formula is C13H20O3. The summed E-state index contributed by atoms with van der Waals surface area (Å²) >= 11 is 0. The molecular weight excluding hydrogens is 204 g/mol. The minimum Gasteiger partial charge on any atom is -0.496 e. The normalized spacial score (nSPS) is 12.9. The fourth-order valence-electron chi connectivity index (χ4n) is 1.65. The van der Waals surface area contributed by atoms with E-state index in [1.165, 1.54) is 0 Å². The monoisotopic (exact) mass is 224 g/mol. The van der Waals surface area contributed by atoms with E-state index in [0.29, 0.717) is 18.1 Å². The quantitative estimate of drug-likeness (QED) is 0.806. The van der Waals surface area contributed by atoms with Gasteiger partial charge in [-0.15, -0.1) is 0 Å². The highest BCUT2D eigenvalue weighted by Gasteiger charge is 2.14. The lowest BCUT2D eigenvalue weighted by Crippen LogP contribution is -2.04. The molecule has 0 aliphatic rings. The summed E-state index contributed by atoms with van der Waals surface area (Å²) in [5.41, 5.74) is 1.91. The van der Waals surface area contributed by atoms with E-state index >= 15 is 0 Å². The number of aliphatic hydroxyl groups excluding tert-OH is 2. The Morgan fingerprint density at radius 3 is 2.50 bits per heavy atom. The first-order chi connectivity index (χ1) is 7.60.